The number of benzene rings is 1. The summed E-state index contributed by atoms with van der Waals surface area (Å²) in [6, 6.07) is 8.73. The van der Waals surface area contributed by atoms with Gasteiger partial charge in [0.05, 0.1) is 12.1 Å². The van der Waals surface area contributed by atoms with Crippen LogP contribution in [-0.2, 0) is 17.8 Å². The summed E-state index contributed by atoms with van der Waals surface area (Å²) >= 11 is 0. The smallest absolute Gasteiger partial charge is 0.239 e. The minimum Gasteiger partial charge on any atom is -0.339 e. The first-order valence-electron chi connectivity index (χ1n) is 9.16. The van der Waals surface area contributed by atoms with Crippen molar-refractivity contribution in [1.82, 2.24) is 24.6 Å². The minimum atomic E-state index is -0.0807. The highest BCUT2D eigenvalue weighted by molar-refractivity contribution is 5.81. The molecular weight excluding hydrogens is 314 g/mol. The maximum absolute atomic E-state index is 13.1. The second kappa shape index (κ2) is 6.96. The molecule has 0 spiro atoms. The molecule has 1 fully saturated rings. The van der Waals surface area contributed by atoms with Gasteiger partial charge < -0.3 is 4.90 Å². The third-order valence-corrected chi connectivity index (χ3v) is 5.58. The van der Waals surface area contributed by atoms with E-state index in [4.69, 9.17) is 0 Å². The quantitative estimate of drug-likeness (QED) is 0.857. The average molecular weight is 339 g/mol. The van der Waals surface area contributed by atoms with Gasteiger partial charge in [0.1, 0.15) is 12.7 Å². The van der Waals surface area contributed by atoms with E-state index >= 15 is 0 Å². The van der Waals surface area contributed by atoms with Crippen LogP contribution in [0, 0.1) is 0 Å². The Morgan fingerprint density at radius 3 is 2.88 bits per heavy atom. The zero-order valence-electron chi connectivity index (χ0n) is 14.7. The lowest BCUT2D eigenvalue weighted by molar-refractivity contribution is -0.138. The molecule has 3 heterocycles. The summed E-state index contributed by atoms with van der Waals surface area (Å²) in [4.78, 5) is 21.4. The van der Waals surface area contributed by atoms with E-state index in [2.05, 4.69) is 46.2 Å². The number of rotatable bonds is 3. The summed E-state index contributed by atoms with van der Waals surface area (Å²) in [5.41, 5.74) is 2.77. The topological polar surface area (TPSA) is 54.3 Å². The minimum absolute atomic E-state index is 0.0807. The van der Waals surface area contributed by atoms with Crippen molar-refractivity contribution in [2.75, 3.05) is 19.6 Å². The molecule has 2 aliphatic rings. The molecule has 0 saturated carbocycles. The summed E-state index contributed by atoms with van der Waals surface area (Å²) < 4.78 is 1.89. The Bertz CT molecular complexity index is 729. The van der Waals surface area contributed by atoms with E-state index < -0.39 is 0 Å². The molecule has 6 heteroatoms. The Kier molecular flexibility index (Phi) is 4.53. The molecule has 1 saturated heterocycles. The molecule has 1 aromatic heterocycles. The van der Waals surface area contributed by atoms with Crippen molar-refractivity contribution in [1.29, 1.82) is 0 Å². The molecule has 2 aliphatic heterocycles. The predicted molar refractivity (Wildman–Crippen MR) is 94.9 cm³/mol. The molecule has 1 aromatic carbocycles. The molecule has 1 amide bonds. The number of carbonyl (C=O) groups is 1. The Morgan fingerprint density at radius 1 is 1.24 bits per heavy atom. The third-order valence-electron chi connectivity index (χ3n) is 5.58. The zero-order chi connectivity index (χ0) is 17.2. The number of hydrogen-bond acceptors (Lipinski definition) is 4. The monoisotopic (exact) mass is 339 g/mol. The fourth-order valence-corrected chi connectivity index (χ4v) is 4.05. The van der Waals surface area contributed by atoms with Crippen LogP contribution in [-0.4, -0.2) is 56.1 Å². The second-order valence-corrected chi connectivity index (χ2v) is 7.12. The summed E-state index contributed by atoms with van der Waals surface area (Å²) in [7, 11) is 0. The van der Waals surface area contributed by atoms with Gasteiger partial charge in [-0.15, -0.1) is 0 Å². The summed E-state index contributed by atoms with van der Waals surface area (Å²) in [6.07, 6.45) is 6.41. The molecule has 6 nitrogen and oxygen atoms in total. The Labute approximate surface area is 148 Å². The SMILES string of the molecule is C[C@H](C(=O)N1CCC[C@@H](n2cncn2)C1)N1CCc2ccccc2C1. The predicted octanol–water partition coefficient (Wildman–Crippen LogP) is 1.89. The number of hydrogen-bond donors (Lipinski definition) is 0. The van der Waals surface area contributed by atoms with Gasteiger partial charge in [-0.05, 0) is 37.3 Å². The second-order valence-electron chi connectivity index (χ2n) is 7.12. The van der Waals surface area contributed by atoms with Gasteiger partial charge in [-0.2, -0.15) is 5.10 Å². The van der Waals surface area contributed by atoms with Gasteiger partial charge in [0.15, 0.2) is 0 Å². The fourth-order valence-electron chi connectivity index (χ4n) is 4.05. The number of fused-ring (bicyclic) bond motifs is 1. The summed E-state index contributed by atoms with van der Waals surface area (Å²) in [6.45, 7) is 5.44. The van der Waals surface area contributed by atoms with Crippen molar-refractivity contribution in [3.8, 4) is 0 Å². The van der Waals surface area contributed by atoms with Crippen molar-refractivity contribution in [2.24, 2.45) is 0 Å². The van der Waals surface area contributed by atoms with E-state index in [1.54, 1.807) is 12.7 Å². The standard InChI is InChI=1S/C19H25N5O/c1-15(22-10-8-16-5-2-3-6-17(16)11-22)19(25)23-9-4-7-18(12-23)24-14-20-13-21-24/h2-3,5-6,13-15,18H,4,7-12H2,1H3/t15-,18-/m1/s1. The molecular formula is C19H25N5O. The van der Waals surface area contributed by atoms with Crippen LogP contribution < -0.4 is 0 Å². The van der Waals surface area contributed by atoms with Crippen LogP contribution in [0.2, 0.25) is 0 Å². The van der Waals surface area contributed by atoms with Crippen LogP contribution in [0.25, 0.3) is 0 Å². The van der Waals surface area contributed by atoms with Crippen molar-refractivity contribution in [3.63, 3.8) is 0 Å². The first-order valence-corrected chi connectivity index (χ1v) is 9.16. The van der Waals surface area contributed by atoms with E-state index in [0.717, 1.165) is 45.4 Å². The van der Waals surface area contributed by atoms with Crippen molar-refractivity contribution < 1.29 is 4.79 Å². The number of piperidine rings is 1. The van der Waals surface area contributed by atoms with Crippen LogP contribution >= 0.6 is 0 Å². The Morgan fingerprint density at radius 2 is 2.08 bits per heavy atom. The summed E-state index contributed by atoms with van der Waals surface area (Å²) in [5.74, 6) is 0.240. The van der Waals surface area contributed by atoms with Gasteiger partial charge in [0.2, 0.25) is 5.91 Å². The average Bonchev–Trinajstić information content (AvgIpc) is 3.21. The van der Waals surface area contributed by atoms with Crippen LogP contribution in [0.15, 0.2) is 36.9 Å². The van der Waals surface area contributed by atoms with Gasteiger partial charge in [-0.1, -0.05) is 24.3 Å². The van der Waals surface area contributed by atoms with Crippen LogP contribution in [0.4, 0.5) is 0 Å². The highest BCUT2D eigenvalue weighted by Gasteiger charge is 2.31. The number of carbonyl (C=O) groups excluding carboxylic acids is 1. The molecule has 0 aliphatic carbocycles. The van der Waals surface area contributed by atoms with Crippen molar-refractivity contribution >= 4 is 5.91 Å². The molecule has 132 valence electrons. The normalized spacial score (nSPS) is 22.4. The van der Waals surface area contributed by atoms with Gasteiger partial charge in [0.25, 0.3) is 0 Å². The van der Waals surface area contributed by atoms with E-state index in [1.165, 1.54) is 11.1 Å². The van der Waals surface area contributed by atoms with E-state index in [9.17, 15) is 4.79 Å². The molecule has 2 atom stereocenters. The largest absolute Gasteiger partial charge is 0.339 e. The highest BCUT2D eigenvalue weighted by atomic mass is 16.2. The Balaban J connectivity index is 1.42. The molecule has 0 unspecified atom stereocenters. The van der Waals surface area contributed by atoms with Crippen molar-refractivity contribution in [2.45, 2.75) is 44.8 Å². The number of aromatic nitrogens is 3. The molecule has 2 aromatic rings. The lowest BCUT2D eigenvalue weighted by atomic mass is 9.98. The van der Waals surface area contributed by atoms with Crippen LogP contribution in [0.5, 0.6) is 0 Å². The van der Waals surface area contributed by atoms with Crippen LogP contribution in [0.1, 0.15) is 36.9 Å². The van der Waals surface area contributed by atoms with Gasteiger partial charge >= 0.3 is 0 Å². The van der Waals surface area contributed by atoms with E-state index in [-0.39, 0.29) is 18.0 Å². The van der Waals surface area contributed by atoms with E-state index in [0.29, 0.717) is 0 Å². The number of likely N-dealkylation sites (tertiary alicyclic amines) is 1. The van der Waals surface area contributed by atoms with Crippen LogP contribution in [0.3, 0.4) is 0 Å². The Hall–Kier alpha value is -2.21. The lowest BCUT2D eigenvalue weighted by Gasteiger charge is -2.38. The molecule has 25 heavy (non-hydrogen) atoms. The fraction of sp³-hybridized carbons (Fsp3) is 0.526. The van der Waals surface area contributed by atoms with Gasteiger partial charge in [-0.25, -0.2) is 9.67 Å². The maximum Gasteiger partial charge on any atom is 0.239 e. The van der Waals surface area contributed by atoms with Gasteiger partial charge in [-0.3, -0.25) is 9.69 Å². The first kappa shape index (κ1) is 16.3. The third kappa shape index (κ3) is 3.31. The maximum atomic E-state index is 13.1. The highest BCUT2D eigenvalue weighted by Crippen LogP contribution is 2.24. The molecule has 0 bridgehead atoms. The summed E-state index contributed by atoms with van der Waals surface area (Å²) in [5, 5.41) is 4.25. The number of amides is 1. The van der Waals surface area contributed by atoms with Crippen molar-refractivity contribution in [3.05, 3.63) is 48.0 Å². The van der Waals surface area contributed by atoms with Gasteiger partial charge in [0, 0.05) is 26.2 Å². The molecule has 4 rings (SSSR count). The van der Waals surface area contributed by atoms with E-state index in [1.807, 2.05) is 9.58 Å². The first-order chi connectivity index (χ1) is 12.2. The molecule has 0 N–H and O–H groups in total. The lowest BCUT2D eigenvalue weighted by Crippen LogP contribution is -2.51. The number of nitrogens with zero attached hydrogens (tertiary/aromatic N) is 5. The zero-order valence-corrected chi connectivity index (χ0v) is 14.7. The molecule has 0 radical (unpaired) electrons.